The molecule has 0 N–H and O–H groups in total. The van der Waals surface area contributed by atoms with E-state index in [0.717, 1.165) is 0 Å². The molecule has 0 spiro atoms. The topological polar surface area (TPSA) is 17.8 Å². The first-order valence-electron chi connectivity index (χ1n) is 9.29. The molecule has 0 unspecified atom stereocenters. The van der Waals surface area contributed by atoms with E-state index in [2.05, 4.69) is 114 Å². The summed E-state index contributed by atoms with van der Waals surface area (Å²) in [6, 6.07) is 31.9. The monoisotopic (exact) mass is 346 g/mol. The number of nitrogens with zero attached hydrogens (tertiary/aromatic N) is 2. The van der Waals surface area contributed by atoms with Crippen molar-refractivity contribution in [1.82, 2.24) is 9.78 Å². The molecule has 0 radical (unpaired) electrons. The standard InChI is InChI=1S/C24H19BN2/c1-4-10-20(11-5-1)24(21-12-6-2-7-13-21,22-14-8-3-9-15-22)27-19-23(18-26-27)25-16-17-25/h1-19H. The van der Waals surface area contributed by atoms with Gasteiger partial charge in [-0.1, -0.05) is 91.0 Å². The molecule has 1 aromatic heterocycles. The minimum atomic E-state index is -0.517. The highest BCUT2D eigenvalue weighted by Gasteiger charge is 2.39. The van der Waals surface area contributed by atoms with Gasteiger partial charge in [0, 0.05) is 12.4 Å². The Balaban J connectivity index is 1.84. The molecular formula is C24H19BN2. The molecule has 0 saturated heterocycles. The van der Waals surface area contributed by atoms with E-state index in [1.807, 2.05) is 6.20 Å². The molecule has 128 valence electrons. The Morgan fingerprint density at radius 3 is 1.48 bits per heavy atom. The predicted molar refractivity (Wildman–Crippen MR) is 111 cm³/mol. The Bertz CT molecular complexity index is 966. The van der Waals surface area contributed by atoms with Gasteiger partial charge >= 0.3 is 0 Å². The summed E-state index contributed by atoms with van der Waals surface area (Å²) in [4.78, 5) is 0. The second kappa shape index (κ2) is 6.44. The molecule has 0 bridgehead atoms. The predicted octanol–water partition coefficient (Wildman–Crippen LogP) is 4.07. The zero-order valence-electron chi connectivity index (χ0n) is 14.9. The van der Waals surface area contributed by atoms with Crippen molar-refractivity contribution in [2.45, 2.75) is 5.54 Å². The minimum absolute atomic E-state index is 0.429. The maximum Gasteiger partial charge on any atom is 0.228 e. The molecule has 5 rings (SSSR count). The first-order valence-corrected chi connectivity index (χ1v) is 9.29. The van der Waals surface area contributed by atoms with Crippen LogP contribution in [-0.4, -0.2) is 16.5 Å². The van der Waals surface area contributed by atoms with E-state index in [-0.39, 0.29) is 0 Å². The molecule has 0 aliphatic carbocycles. The van der Waals surface area contributed by atoms with Gasteiger partial charge in [-0.2, -0.15) is 5.10 Å². The van der Waals surface area contributed by atoms with Crippen molar-refractivity contribution in [3.8, 4) is 0 Å². The number of rotatable bonds is 5. The van der Waals surface area contributed by atoms with Crippen LogP contribution in [0.25, 0.3) is 0 Å². The average Bonchev–Trinajstić information content (AvgIpc) is 3.49. The van der Waals surface area contributed by atoms with Gasteiger partial charge in [-0.3, -0.25) is 4.68 Å². The molecule has 4 aromatic rings. The van der Waals surface area contributed by atoms with Crippen LogP contribution >= 0.6 is 0 Å². The van der Waals surface area contributed by atoms with Crippen molar-refractivity contribution in [1.29, 1.82) is 0 Å². The molecule has 0 amide bonds. The lowest BCUT2D eigenvalue weighted by Crippen LogP contribution is -2.38. The molecule has 0 fully saturated rings. The van der Waals surface area contributed by atoms with Crippen LogP contribution in [0.15, 0.2) is 115 Å². The molecule has 1 aliphatic heterocycles. The van der Waals surface area contributed by atoms with Crippen molar-refractivity contribution in [3.63, 3.8) is 0 Å². The fourth-order valence-electron chi connectivity index (χ4n) is 3.90. The summed E-state index contributed by atoms with van der Waals surface area (Å²) >= 11 is 0. The molecule has 0 saturated carbocycles. The lowest BCUT2D eigenvalue weighted by Gasteiger charge is -2.36. The maximum absolute atomic E-state index is 4.86. The molecule has 27 heavy (non-hydrogen) atoms. The van der Waals surface area contributed by atoms with Crippen LogP contribution in [0, 0.1) is 0 Å². The minimum Gasteiger partial charge on any atom is -0.254 e. The number of hydrogen-bond acceptors (Lipinski definition) is 1. The Morgan fingerprint density at radius 1 is 0.630 bits per heavy atom. The van der Waals surface area contributed by atoms with Crippen molar-refractivity contribution < 1.29 is 0 Å². The van der Waals surface area contributed by atoms with Gasteiger partial charge in [0.05, 0.1) is 0 Å². The lowest BCUT2D eigenvalue weighted by atomic mass is 9.61. The van der Waals surface area contributed by atoms with E-state index in [4.69, 9.17) is 5.10 Å². The summed E-state index contributed by atoms with van der Waals surface area (Å²) in [7, 11) is 0. The van der Waals surface area contributed by atoms with E-state index in [0.29, 0.717) is 6.71 Å². The normalized spacial score (nSPS) is 13.0. The third kappa shape index (κ3) is 2.63. The Morgan fingerprint density at radius 2 is 1.07 bits per heavy atom. The fraction of sp³-hybridized carbons (Fsp3) is 0.0417. The fourth-order valence-corrected chi connectivity index (χ4v) is 3.90. The van der Waals surface area contributed by atoms with Crippen LogP contribution in [0.5, 0.6) is 0 Å². The van der Waals surface area contributed by atoms with Crippen LogP contribution < -0.4 is 5.46 Å². The molecule has 3 heteroatoms. The zero-order valence-corrected chi connectivity index (χ0v) is 14.9. The second-order valence-electron chi connectivity index (χ2n) is 6.94. The highest BCUT2D eigenvalue weighted by Crippen LogP contribution is 2.39. The first kappa shape index (κ1) is 15.9. The van der Waals surface area contributed by atoms with Crippen LogP contribution in [-0.2, 0) is 5.54 Å². The van der Waals surface area contributed by atoms with Gasteiger partial charge in [0.15, 0.2) is 0 Å². The van der Waals surface area contributed by atoms with Gasteiger partial charge in [-0.05, 0) is 22.2 Å². The summed E-state index contributed by atoms with van der Waals surface area (Å²) in [6.07, 6.45) is 4.19. The molecule has 2 nitrogen and oxygen atoms in total. The quantitative estimate of drug-likeness (QED) is 0.393. The first-order chi connectivity index (χ1) is 13.4. The van der Waals surface area contributed by atoms with Crippen LogP contribution in [0.3, 0.4) is 0 Å². The molecule has 1 aliphatic rings. The van der Waals surface area contributed by atoms with Gasteiger partial charge in [-0.15, -0.1) is 12.0 Å². The van der Waals surface area contributed by atoms with Gasteiger partial charge in [0.1, 0.15) is 5.54 Å². The molecule has 0 atom stereocenters. The molecule has 3 aromatic carbocycles. The largest absolute Gasteiger partial charge is 0.254 e. The van der Waals surface area contributed by atoms with E-state index < -0.39 is 5.54 Å². The smallest absolute Gasteiger partial charge is 0.228 e. The van der Waals surface area contributed by atoms with Crippen molar-refractivity contribution >= 4 is 12.2 Å². The van der Waals surface area contributed by atoms with E-state index in [1.54, 1.807) is 0 Å². The SMILES string of the molecule is C1=CB1c1cnn(C(c2ccccc2)(c2ccccc2)c2ccccc2)c1. The van der Waals surface area contributed by atoms with Crippen LogP contribution in [0.1, 0.15) is 16.7 Å². The number of benzene rings is 3. The average molecular weight is 346 g/mol. The van der Waals surface area contributed by atoms with Crippen LogP contribution in [0.2, 0.25) is 0 Å². The van der Waals surface area contributed by atoms with E-state index in [1.165, 1.54) is 22.2 Å². The zero-order chi connectivity index (χ0) is 18.1. The summed E-state index contributed by atoms with van der Waals surface area (Å²) < 4.78 is 2.13. The van der Waals surface area contributed by atoms with Gasteiger partial charge in [-0.25, -0.2) is 0 Å². The Hall–Kier alpha value is -3.33. The third-order valence-electron chi connectivity index (χ3n) is 5.29. The molecule has 2 heterocycles. The number of aromatic nitrogens is 2. The van der Waals surface area contributed by atoms with Crippen molar-refractivity contribution in [2.24, 2.45) is 0 Å². The summed E-state index contributed by atoms with van der Waals surface area (Å²) in [6.45, 7) is 0.429. The van der Waals surface area contributed by atoms with Gasteiger partial charge in [0.25, 0.3) is 0 Å². The Kier molecular flexibility index (Phi) is 3.79. The van der Waals surface area contributed by atoms with Crippen molar-refractivity contribution in [3.05, 3.63) is 132 Å². The third-order valence-corrected chi connectivity index (χ3v) is 5.29. The maximum atomic E-state index is 4.86. The van der Waals surface area contributed by atoms with E-state index in [9.17, 15) is 0 Å². The van der Waals surface area contributed by atoms with Gasteiger partial charge < -0.3 is 0 Å². The summed E-state index contributed by atoms with van der Waals surface area (Å²) in [5.41, 5.74) is 4.31. The molecular weight excluding hydrogens is 327 g/mol. The summed E-state index contributed by atoms with van der Waals surface area (Å²) in [5, 5.41) is 4.86. The second-order valence-corrected chi connectivity index (χ2v) is 6.94. The lowest BCUT2D eigenvalue weighted by molar-refractivity contribution is 0.460. The highest BCUT2D eigenvalue weighted by molar-refractivity contribution is 6.91. The summed E-state index contributed by atoms with van der Waals surface area (Å²) in [5.74, 6) is 4.41. The van der Waals surface area contributed by atoms with Gasteiger partial charge in [0.2, 0.25) is 6.71 Å². The van der Waals surface area contributed by atoms with Crippen LogP contribution in [0.4, 0.5) is 0 Å². The van der Waals surface area contributed by atoms with E-state index >= 15 is 0 Å². The Labute approximate surface area is 159 Å². The van der Waals surface area contributed by atoms with Crippen molar-refractivity contribution in [2.75, 3.05) is 0 Å². The highest BCUT2D eigenvalue weighted by atomic mass is 15.3. The number of hydrogen-bond donors (Lipinski definition) is 0.